The van der Waals surface area contributed by atoms with E-state index in [1.165, 1.54) is 119 Å². The summed E-state index contributed by atoms with van der Waals surface area (Å²) in [6.45, 7) is 6.85. The van der Waals surface area contributed by atoms with Crippen molar-refractivity contribution < 1.29 is 4.74 Å². The zero-order valence-electron chi connectivity index (χ0n) is 24.0. The Kier molecular flexibility index (Phi) is 18.0. The minimum atomic E-state index is 0.126. The van der Waals surface area contributed by atoms with E-state index < -0.39 is 0 Å². The Morgan fingerprint density at radius 3 is 1.84 bits per heavy atom. The van der Waals surface area contributed by atoms with Gasteiger partial charge in [-0.15, -0.1) is 0 Å². The van der Waals surface area contributed by atoms with Gasteiger partial charge in [0.1, 0.15) is 11.2 Å². The van der Waals surface area contributed by atoms with Crippen molar-refractivity contribution >= 4 is 23.4 Å². The first kappa shape index (κ1) is 32.1. The van der Waals surface area contributed by atoms with Crippen molar-refractivity contribution in [3.05, 3.63) is 58.6 Å². The van der Waals surface area contributed by atoms with Gasteiger partial charge in [0.05, 0.1) is 0 Å². The van der Waals surface area contributed by atoms with Crippen LogP contribution in [0.2, 0.25) is 5.02 Å². The second kappa shape index (κ2) is 20.8. The third-order valence-electron chi connectivity index (χ3n) is 7.13. The number of aryl methyl sites for hydroxylation is 2. The second-order valence-electron chi connectivity index (χ2n) is 10.6. The Balaban J connectivity index is 2.09. The fourth-order valence-corrected chi connectivity index (χ4v) is 5.97. The molecule has 0 aromatic heterocycles. The van der Waals surface area contributed by atoms with Crippen LogP contribution in [0.4, 0.5) is 0 Å². The Labute approximate surface area is 238 Å². The number of unbranched alkanes of at least 4 members (excludes halogenated alkanes) is 12. The molecule has 3 heteroatoms. The maximum atomic E-state index is 6.81. The molecule has 0 aliphatic rings. The van der Waals surface area contributed by atoms with Crippen molar-refractivity contribution in [3.63, 3.8) is 0 Å². The molecular formula is C34H53ClOS. The summed E-state index contributed by atoms with van der Waals surface area (Å²) in [6.07, 6.45) is 23.1. The van der Waals surface area contributed by atoms with E-state index in [0.717, 1.165) is 23.6 Å². The second-order valence-corrected chi connectivity index (χ2v) is 12.3. The Morgan fingerprint density at radius 1 is 0.649 bits per heavy atom. The van der Waals surface area contributed by atoms with E-state index in [9.17, 15) is 0 Å². The van der Waals surface area contributed by atoms with Gasteiger partial charge in [-0.1, -0.05) is 133 Å². The Morgan fingerprint density at radius 2 is 1.22 bits per heavy atom. The van der Waals surface area contributed by atoms with Crippen molar-refractivity contribution in [2.45, 2.75) is 147 Å². The van der Waals surface area contributed by atoms with Gasteiger partial charge in [0, 0.05) is 9.92 Å². The van der Waals surface area contributed by atoms with Crippen molar-refractivity contribution in [2.75, 3.05) is 0 Å². The molecule has 0 radical (unpaired) electrons. The minimum absolute atomic E-state index is 0.126. The van der Waals surface area contributed by atoms with Crippen LogP contribution in [0, 0.1) is 0 Å². The SMILES string of the molecule is CCCCCCCc1ccc(OC(CCCCCCC)Sc2ccc(Cl)cc2)c(CCCCCCC)c1. The first-order valence-corrected chi connectivity index (χ1v) is 16.6. The van der Waals surface area contributed by atoms with E-state index in [2.05, 4.69) is 51.1 Å². The van der Waals surface area contributed by atoms with Gasteiger partial charge in [0.2, 0.25) is 0 Å². The highest BCUT2D eigenvalue weighted by Crippen LogP contribution is 2.33. The number of benzene rings is 2. The van der Waals surface area contributed by atoms with Crippen molar-refractivity contribution in [1.82, 2.24) is 0 Å². The van der Waals surface area contributed by atoms with Gasteiger partial charge < -0.3 is 4.74 Å². The summed E-state index contributed by atoms with van der Waals surface area (Å²) in [7, 11) is 0. The number of halogens is 1. The molecule has 0 saturated heterocycles. The third-order valence-corrected chi connectivity index (χ3v) is 8.52. The van der Waals surface area contributed by atoms with Crippen molar-refractivity contribution in [2.24, 2.45) is 0 Å². The molecule has 0 aliphatic heterocycles. The molecule has 0 heterocycles. The van der Waals surface area contributed by atoms with Gasteiger partial charge >= 0.3 is 0 Å². The molecule has 0 bridgehead atoms. The van der Waals surface area contributed by atoms with Gasteiger partial charge in [0.25, 0.3) is 0 Å². The lowest BCUT2D eigenvalue weighted by Gasteiger charge is -2.22. The molecule has 0 aliphatic carbocycles. The van der Waals surface area contributed by atoms with Crippen LogP contribution in [0.15, 0.2) is 47.4 Å². The van der Waals surface area contributed by atoms with Crippen molar-refractivity contribution in [1.29, 1.82) is 0 Å². The third kappa shape index (κ3) is 14.6. The molecule has 2 aromatic rings. The average molecular weight is 545 g/mol. The fourth-order valence-electron chi connectivity index (χ4n) is 4.81. The summed E-state index contributed by atoms with van der Waals surface area (Å²) in [5.41, 5.74) is 3.02. The zero-order chi connectivity index (χ0) is 26.6. The van der Waals surface area contributed by atoms with Crippen LogP contribution in [-0.2, 0) is 12.8 Å². The van der Waals surface area contributed by atoms with E-state index in [0.29, 0.717) is 0 Å². The molecular weight excluding hydrogens is 492 g/mol. The number of ether oxygens (including phenoxy) is 1. The molecule has 208 valence electrons. The van der Waals surface area contributed by atoms with Crippen LogP contribution >= 0.6 is 23.4 Å². The van der Waals surface area contributed by atoms with Crippen LogP contribution < -0.4 is 4.74 Å². The molecule has 1 nitrogen and oxygen atoms in total. The molecule has 2 rings (SSSR count). The average Bonchev–Trinajstić information content (AvgIpc) is 2.90. The van der Waals surface area contributed by atoms with Gasteiger partial charge in [-0.05, 0) is 80.0 Å². The summed E-state index contributed by atoms with van der Waals surface area (Å²) < 4.78 is 6.81. The van der Waals surface area contributed by atoms with E-state index >= 15 is 0 Å². The Hall–Kier alpha value is -1.12. The van der Waals surface area contributed by atoms with E-state index in [1.54, 1.807) is 0 Å². The summed E-state index contributed by atoms with van der Waals surface area (Å²) in [4.78, 5) is 1.23. The molecule has 0 amide bonds. The normalized spacial score (nSPS) is 12.1. The van der Waals surface area contributed by atoms with Gasteiger partial charge in [0.15, 0.2) is 0 Å². The fraction of sp³-hybridized carbons (Fsp3) is 0.647. The van der Waals surface area contributed by atoms with Gasteiger partial charge in [-0.25, -0.2) is 0 Å². The van der Waals surface area contributed by atoms with E-state index in [1.807, 2.05) is 23.9 Å². The smallest absolute Gasteiger partial charge is 0.148 e. The minimum Gasteiger partial charge on any atom is -0.479 e. The van der Waals surface area contributed by atoms with Crippen LogP contribution in [0.5, 0.6) is 5.75 Å². The number of hydrogen-bond donors (Lipinski definition) is 0. The van der Waals surface area contributed by atoms with Gasteiger partial charge in [-0.2, -0.15) is 0 Å². The molecule has 0 N–H and O–H groups in total. The lowest BCUT2D eigenvalue weighted by molar-refractivity contribution is 0.268. The van der Waals surface area contributed by atoms with Crippen LogP contribution in [0.3, 0.4) is 0 Å². The Bertz CT molecular complexity index is 819. The molecule has 2 aromatic carbocycles. The number of thioether (sulfide) groups is 1. The standard InChI is InChI=1S/C34H53ClOS/c1-4-7-10-13-16-19-29-22-27-33(30(28-29)20-17-14-11-8-5-2)36-34(21-18-15-12-9-6-3)37-32-25-23-31(35)24-26-32/h22-28,34H,4-21H2,1-3H3. The van der Waals surface area contributed by atoms with Crippen LogP contribution in [0.1, 0.15) is 135 Å². The maximum absolute atomic E-state index is 6.81. The maximum Gasteiger partial charge on any atom is 0.148 e. The molecule has 0 fully saturated rings. The highest BCUT2D eigenvalue weighted by molar-refractivity contribution is 7.99. The topological polar surface area (TPSA) is 9.23 Å². The predicted octanol–water partition coefficient (Wildman–Crippen LogP) is 12.2. The summed E-state index contributed by atoms with van der Waals surface area (Å²) in [5.74, 6) is 1.10. The summed E-state index contributed by atoms with van der Waals surface area (Å²) in [5, 5.41) is 0.789. The van der Waals surface area contributed by atoms with Gasteiger partial charge in [-0.3, -0.25) is 0 Å². The summed E-state index contributed by atoms with van der Waals surface area (Å²) in [6, 6.07) is 15.3. The van der Waals surface area contributed by atoms with E-state index in [-0.39, 0.29) is 5.44 Å². The predicted molar refractivity (Wildman–Crippen MR) is 166 cm³/mol. The molecule has 1 unspecified atom stereocenters. The van der Waals surface area contributed by atoms with Crippen molar-refractivity contribution in [3.8, 4) is 5.75 Å². The van der Waals surface area contributed by atoms with Crippen LogP contribution in [-0.4, -0.2) is 5.44 Å². The van der Waals surface area contributed by atoms with E-state index in [4.69, 9.17) is 16.3 Å². The first-order valence-electron chi connectivity index (χ1n) is 15.4. The molecule has 0 spiro atoms. The molecule has 1 atom stereocenters. The zero-order valence-corrected chi connectivity index (χ0v) is 25.6. The van der Waals surface area contributed by atoms with Crippen LogP contribution in [0.25, 0.3) is 0 Å². The number of rotatable bonds is 22. The molecule has 37 heavy (non-hydrogen) atoms. The first-order chi connectivity index (χ1) is 18.2. The quantitative estimate of drug-likeness (QED) is 0.0827. The largest absolute Gasteiger partial charge is 0.479 e. The number of hydrogen-bond acceptors (Lipinski definition) is 2. The highest BCUT2D eigenvalue weighted by atomic mass is 35.5. The highest BCUT2D eigenvalue weighted by Gasteiger charge is 2.16. The molecule has 0 saturated carbocycles. The monoisotopic (exact) mass is 544 g/mol. The lowest BCUT2D eigenvalue weighted by Crippen LogP contribution is -2.13. The lowest BCUT2D eigenvalue weighted by atomic mass is 9.99. The summed E-state index contributed by atoms with van der Waals surface area (Å²) >= 11 is 7.99.